The molecule has 0 bridgehead atoms. The second-order valence-electron chi connectivity index (χ2n) is 8.57. The Morgan fingerprint density at radius 2 is 2.11 bits per heavy atom. The van der Waals surface area contributed by atoms with Crippen molar-refractivity contribution < 1.29 is 26.4 Å². The maximum absolute atomic E-state index is 15.6. The van der Waals surface area contributed by atoms with Gasteiger partial charge in [-0.3, -0.25) is 0 Å². The number of methoxy groups -OCH3 is 1. The van der Waals surface area contributed by atoms with Crippen molar-refractivity contribution in [3.8, 4) is 17.0 Å². The predicted molar refractivity (Wildman–Crippen MR) is 121 cm³/mol. The van der Waals surface area contributed by atoms with Crippen LogP contribution in [-0.2, 0) is 0 Å². The third-order valence-corrected chi connectivity index (χ3v) is 6.32. The zero-order valence-electron chi connectivity index (χ0n) is 21.8. The van der Waals surface area contributed by atoms with E-state index < -0.39 is 37.8 Å². The van der Waals surface area contributed by atoms with Gasteiger partial charge in [0.25, 0.3) is 12.3 Å². The third kappa shape index (κ3) is 3.83. The lowest BCUT2D eigenvalue weighted by Crippen LogP contribution is -2.45. The molecule has 2 N–H and O–H groups in total. The number of piperidine rings is 1. The molecule has 0 spiro atoms. The van der Waals surface area contributed by atoms with Crippen molar-refractivity contribution in [3.05, 3.63) is 30.0 Å². The summed E-state index contributed by atoms with van der Waals surface area (Å²) in [7, 11) is 1.34. The molecule has 9 nitrogen and oxygen atoms in total. The van der Waals surface area contributed by atoms with Crippen LogP contribution in [0.15, 0.2) is 24.4 Å². The minimum atomic E-state index is -3.42. The van der Waals surface area contributed by atoms with E-state index in [1.54, 1.807) is 18.2 Å². The van der Waals surface area contributed by atoms with E-state index in [0.29, 0.717) is 11.1 Å². The second kappa shape index (κ2) is 8.33. The fraction of sp³-hybridized carbons (Fsp3) is 0.455. The summed E-state index contributed by atoms with van der Waals surface area (Å²) in [6.45, 7) is -2.42. The Balaban J connectivity index is 1.74. The minimum Gasteiger partial charge on any atom is -0.479 e. The lowest BCUT2D eigenvalue weighted by atomic mass is 9.84. The number of nitrogens with zero attached hydrogens (tertiary/aromatic N) is 7. The van der Waals surface area contributed by atoms with Crippen LogP contribution in [0.5, 0.6) is 5.88 Å². The number of nitrogen functional groups attached to an aromatic ring is 1. The van der Waals surface area contributed by atoms with E-state index in [1.165, 1.54) is 24.7 Å². The van der Waals surface area contributed by atoms with E-state index in [1.807, 2.05) is 0 Å². The van der Waals surface area contributed by atoms with E-state index >= 15 is 8.78 Å². The van der Waals surface area contributed by atoms with Gasteiger partial charge in [-0.25, -0.2) is 26.8 Å². The number of nitrogens with two attached hydrogens (primary N) is 1. The highest BCUT2D eigenvalue weighted by molar-refractivity contribution is 5.91. The van der Waals surface area contributed by atoms with Crippen molar-refractivity contribution in [2.75, 3.05) is 32.9 Å². The molecule has 2 atom stereocenters. The Hall–Kier alpha value is -3.48. The molecule has 0 radical (unpaired) electrons. The molecule has 1 aromatic carbocycles. The van der Waals surface area contributed by atoms with Crippen LogP contribution in [0.1, 0.15) is 35.0 Å². The number of rotatable bonds is 5. The SMILES string of the molecule is [2H]C([2H])([2H])N1CC[C@H](c2cn3nc(N)nc(OC)c3c2-c2ccc3nnn([C@@H](C)C(F)F)c3c2)C(F)(F)C1. The number of halogens is 4. The van der Waals surface area contributed by atoms with E-state index in [9.17, 15) is 8.78 Å². The summed E-state index contributed by atoms with van der Waals surface area (Å²) >= 11 is 0. The summed E-state index contributed by atoms with van der Waals surface area (Å²) < 4.78 is 88.6. The van der Waals surface area contributed by atoms with Crippen molar-refractivity contribution >= 4 is 22.5 Å². The first-order chi connectivity index (χ1) is 17.8. The van der Waals surface area contributed by atoms with E-state index in [-0.39, 0.29) is 47.0 Å². The third-order valence-electron chi connectivity index (χ3n) is 6.32. The molecule has 3 aromatic heterocycles. The summed E-state index contributed by atoms with van der Waals surface area (Å²) in [5.41, 5.74) is 7.51. The number of aromatic nitrogens is 6. The first-order valence-corrected chi connectivity index (χ1v) is 10.8. The van der Waals surface area contributed by atoms with Gasteiger partial charge in [0.1, 0.15) is 17.1 Å². The highest BCUT2D eigenvalue weighted by atomic mass is 19.3. The highest BCUT2D eigenvalue weighted by Crippen LogP contribution is 2.47. The van der Waals surface area contributed by atoms with Crippen molar-refractivity contribution in [1.29, 1.82) is 0 Å². The van der Waals surface area contributed by atoms with E-state index in [0.717, 1.165) is 9.58 Å². The van der Waals surface area contributed by atoms with Crippen LogP contribution in [0, 0.1) is 0 Å². The molecule has 1 aliphatic rings. The molecule has 1 aliphatic heterocycles. The van der Waals surface area contributed by atoms with Crippen LogP contribution >= 0.6 is 0 Å². The van der Waals surface area contributed by atoms with Crippen molar-refractivity contribution in [1.82, 2.24) is 34.5 Å². The molecular weight excluding hydrogens is 468 g/mol. The van der Waals surface area contributed by atoms with Crippen LogP contribution in [0.4, 0.5) is 23.5 Å². The van der Waals surface area contributed by atoms with Crippen molar-refractivity contribution in [2.24, 2.45) is 0 Å². The first-order valence-electron chi connectivity index (χ1n) is 12.3. The predicted octanol–water partition coefficient (Wildman–Crippen LogP) is 3.61. The fourth-order valence-electron chi connectivity index (χ4n) is 4.62. The van der Waals surface area contributed by atoms with Crippen LogP contribution in [0.25, 0.3) is 27.7 Å². The zero-order valence-corrected chi connectivity index (χ0v) is 18.8. The highest BCUT2D eigenvalue weighted by Gasteiger charge is 2.46. The van der Waals surface area contributed by atoms with Crippen LogP contribution in [-0.4, -0.2) is 74.0 Å². The molecule has 0 aliphatic carbocycles. The van der Waals surface area contributed by atoms with E-state index in [2.05, 4.69) is 20.4 Å². The topological polar surface area (TPSA) is 99.4 Å². The van der Waals surface area contributed by atoms with Crippen LogP contribution in [0.3, 0.4) is 0 Å². The summed E-state index contributed by atoms with van der Waals surface area (Å²) in [5, 5.41) is 11.9. The standard InChI is InChI=1S/C22H24F4N8O/c1-11(19(23)24)34-16-8-12(4-5-15(16)29-31-34)17-13(14-6-7-32(2)10-22(14,25)26)9-33-18(17)20(35-3)28-21(27)30-33/h4-5,8-9,11,14,19H,6-7,10H2,1-3H3,(H2,27,30)/t11-,14+/m0/s1/i2D3. The van der Waals surface area contributed by atoms with Gasteiger partial charge in [0.2, 0.25) is 11.8 Å². The summed E-state index contributed by atoms with van der Waals surface area (Å²) in [6.07, 6.45) is -1.48. The Kier molecular flexibility index (Phi) is 4.71. The molecule has 4 aromatic rings. The Bertz CT molecular complexity index is 1510. The van der Waals surface area contributed by atoms with Gasteiger partial charge in [0.15, 0.2) is 0 Å². The van der Waals surface area contributed by atoms with Gasteiger partial charge < -0.3 is 15.4 Å². The average Bonchev–Trinajstić information content (AvgIpc) is 3.42. The Morgan fingerprint density at radius 3 is 2.80 bits per heavy atom. The number of likely N-dealkylation sites (tertiary alicyclic amines) is 1. The number of benzene rings is 1. The average molecular weight is 495 g/mol. The van der Waals surface area contributed by atoms with Gasteiger partial charge >= 0.3 is 0 Å². The molecule has 4 heterocycles. The Morgan fingerprint density at radius 1 is 1.31 bits per heavy atom. The molecular formula is C22H24F4N8O. The first kappa shape index (κ1) is 19.8. The van der Waals surface area contributed by atoms with Crippen molar-refractivity contribution in [2.45, 2.75) is 37.7 Å². The second-order valence-corrected chi connectivity index (χ2v) is 8.57. The molecule has 13 heteroatoms. The minimum absolute atomic E-state index is 0.0228. The Labute approximate surface area is 201 Å². The molecule has 5 rings (SSSR count). The molecule has 35 heavy (non-hydrogen) atoms. The quantitative estimate of drug-likeness (QED) is 0.422. The normalized spacial score (nSPS) is 21.2. The monoisotopic (exact) mass is 495 g/mol. The summed E-state index contributed by atoms with van der Waals surface area (Å²) in [4.78, 5) is 4.87. The maximum Gasteiger partial charge on any atom is 0.267 e. The van der Waals surface area contributed by atoms with E-state index in [4.69, 9.17) is 14.6 Å². The van der Waals surface area contributed by atoms with Gasteiger partial charge in [0.05, 0.1) is 25.1 Å². The molecule has 0 unspecified atom stereocenters. The van der Waals surface area contributed by atoms with Crippen LogP contribution < -0.4 is 10.5 Å². The van der Waals surface area contributed by atoms with Gasteiger partial charge in [0, 0.05) is 15.9 Å². The van der Waals surface area contributed by atoms with Gasteiger partial charge in [-0.1, -0.05) is 11.3 Å². The lowest BCUT2D eigenvalue weighted by Gasteiger charge is -2.36. The number of hydrogen-bond donors (Lipinski definition) is 1. The maximum atomic E-state index is 15.6. The summed E-state index contributed by atoms with van der Waals surface area (Å²) in [6, 6.07) is 3.42. The summed E-state index contributed by atoms with van der Waals surface area (Å²) in [5.74, 6) is -4.94. The number of alkyl halides is 4. The molecule has 0 amide bonds. The number of fused-ring (bicyclic) bond motifs is 2. The molecule has 1 saturated heterocycles. The molecule has 0 saturated carbocycles. The van der Waals surface area contributed by atoms with Gasteiger partial charge in [-0.2, -0.15) is 4.98 Å². The lowest BCUT2D eigenvalue weighted by molar-refractivity contribution is -0.0764. The smallest absolute Gasteiger partial charge is 0.267 e. The number of hydrogen-bond acceptors (Lipinski definition) is 7. The zero-order chi connectivity index (χ0) is 27.6. The van der Waals surface area contributed by atoms with Crippen LogP contribution in [0.2, 0.25) is 0 Å². The number of ether oxygens (including phenoxy) is 1. The fourth-order valence-corrected chi connectivity index (χ4v) is 4.62. The molecule has 186 valence electrons. The van der Waals surface area contributed by atoms with Crippen molar-refractivity contribution in [3.63, 3.8) is 0 Å². The molecule has 1 fully saturated rings. The number of anilines is 1. The van der Waals surface area contributed by atoms with Gasteiger partial charge in [-0.15, -0.1) is 10.2 Å². The van der Waals surface area contributed by atoms with Gasteiger partial charge in [-0.05, 0) is 50.1 Å². The largest absolute Gasteiger partial charge is 0.479 e.